The second kappa shape index (κ2) is 7.61. The molecule has 4 rings (SSSR count). The van der Waals surface area contributed by atoms with E-state index in [-0.39, 0.29) is 18.1 Å². The number of rotatable bonds is 6. The number of carbonyl (C=O) groups is 1. The van der Waals surface area contributed by atoms with Gasteiger partial charge in [-0.1, -0.05) is 6.07 Å². The third-order valence-corrected chi connectivity index (χ3v) is 4.74. The van der Waals surface area contributed by atoms with Crippen molar-refractivity contribution in [1.82, 2.24) is 10.3 Å². The highest BCUT2D eigenvalue weighted by molar-refractivity contribution is 5.83. The minimum Gasteiger partial charge on any atom is -0.484 e. The van der Waals surface area contributed by atoms with Crippen molar-refractivity contribution in [2.75, 3.05) is 13.2 Å². The lowest BCUT2D eigenvalue weighted by Crippen LogP contribution is -2.30. The fourth-order valence-corrected chi connectivity index (χ4v) is 3.43. The fourth-order valence-electron chi connectivity index (χ4n) is 3.43. The van der Waals surface area contributed by atoms with Crippen molar-refractivity contribution in [2.45, 2.75) is 25.7 Å². The van der Waals surface area contributed by atoms with Crippen LogP contribution in [0.5, 0.6) is 5.75 Å². The number of benzene rings is 1. The van der Waals surface area contributed by atoms with E-state index in [1.54, 1.807) is 12.3 Å². The zero-order valence-corrected chi connectivity index (χ0v) is 14.9. The summed E-state index contributed by atoms with van der Waals surface area (Å²) in [5.41, 5.74) is 3.05. The van der Waals surface area contributed by atoms with Crippen molar-refractivity contribution >= 4 is 16.9 Å². The number of fused-ring (bicyclic) bond motifs is 3. The van der Waals surface area contributed by atoms with Gasteiger partial charge in [0.15, 0.2) is 6.61 Å². The maximum Gasteiger partial charge on any atom is 0.339 e. The van der Waals surface area contributed by atoms with E-state index in [4.69, 9.17) is 9.15 Å². The highest BCUT2D eigenvalue weighted by Crippen LogP contribution is 2.29. The van der Waals surface area contributed by atoms with Crippen molar-refractivity contribution in [1.29, 1.82) is 0 Å². The zero-order chi connectivity index (χ0) is 18.6. The van der Waals surface area contributed by atoms with Gasteiger partial charge in [-0.2, -0.15) is 0 Å². The molecule has 3 aromatic rings. The lowest BCUT2D eigenvalue weighted by atomic mass is 10.1. The third kappa shape index (κ3) is 3.84. The van der Waals surface area contributed by atoms with Crippen LogP contribution >= 0.6 is 0 Å². The second-order valence-corrected chi connectivity index (χ2v) is 6.57. The van der Waals surface area contributed by atoms with Crippen molar-refractivity contribution in [3.8, 4) is 5.75 Å². The number of pyridine rings is 1. The Bertz CT molecular complexity index is 1030. The van der Waals surface area contributed by atoms with Crippen molar-refractivity contribution in [3.05, 3.63) is 69.8 Å². The molecule has 0 saturated heterocycles. The molecule has 1 aliphatic carbocycles. The molecule has 0 aliphatic heterocycles. The van der Waals surface area contributed by atoms with E-state index >= 15 is 0 Å². The molecule has 1 N–H and O–H groups in total. The monoisotopic (exact) mass is 364 g/mol. The van der Waals surface area contributed by atoms with Crippen LogP contribution in [0.2, 0.25) is 0 Å². The van der Waals surface area contributed by atoms with Gasteiger partial charge in [0.2, 0.25) is 0 Å². The van der Waals surface area contributed by atoms with Gasteiger partial charge in [-0.05, 0) is 49.1 Å². The molecule has 1 aromatic carbocycles. The van der Waals surface area contributed by atoms with Crippen LogP contribution in [-0.2, 0) is 24.1 Å². The molecular formula is C21H20N2O4. The molecule has 0 unspecified atom stereocenters. The molecule has 6 heteroatoms. The maximum absolute atomic E-state index is 12.1. The summed E-state index contributed by atoms with van der Waals surface area (Å²) in [6.07, 6.45) is 5.06. The van der Waals surface area contributed by atoms with E-state index in [9.17, 15) is 9.59 Å². The summed E-state index contributed by atoms with van der Waals surface area (Å²) >= 11 is 0. The zero-order valence-electron chi connectivity index (χ0n) is 14.9. The molecule has 27 heavy (non-hydrogen) atoms. The first-order valence-corrected chi connectivity index (χ1v) is 9.09. The fraction of sp³-hybridized carbons (Fsp3) is 0.286. The SMILES string of the molecule is O=C(COc1ccc2c3c(c(=O)oc2c1)CCC3)NCCc1ccccn1. The van der Waals surface area contributed by atoms with Gasteiger partial charge in [0.05, 0.1) is 0 Å². The van der Waals surface area contributed by atoms with Crippen LogP contribution in [0.4, 0.5) is 0 Å². The van der Waals surface area contributed by atoms with Crippen LogP contribution in [-0.4, -0.2) is 24.0 Å². The van der Waals surface area contributed by atoms with Gasteiger partial charge in [0, 0.05) is 41.9 Å². The Morgan fingerprint density at radius 1 is 1.19 bits per heavy atom. The van der Waals surface area contributed by atoms with Crippen LogP contribution < -0.4 is 15.7 Å². The van der Waals surface area contributed by atoms with Crippen molar-refractivity contribution in [3.63, 3.8) is 0 Å². The van der Waals surface area contributed by atoms with E-state index in [0.29, 0.717) is 24.3 Å². The van der Waals surface area contributed by atoms with E-state index < -0.39 is 0 Å². The first-order valence-electron chi connectivity index (χ1n) is 9.09. The number of hydrogen-bond donors (Lipinski definition) is 1. The smallest absolute Gasteiger partial charge is 0.339 e. The largest absolute Gasteiger partial charge is 0.484 e. The number of amides is 1. The molecule has 6 nitrogen and oxygen atoms in total. The van der Waals surface area contributed by atoms with E-state index in [0.717, 1.165) is 41.5 Å². The lowest BCUT2D eigenvalue weighted by molar-refractivity contribution is -0.123. The van der Waals surface area contributed by atoms with Gasteiger partial charge in [-0.25, -0.2) is 4.79 Å². The maximum atomic E-state index is 12.1. The summed E-state index contributed by atoms with van der Waals surface area (Å²) in [4.78, 5) is 28.2. The summed E-state index contributed by atoms with van der Waals surface area (Å²) in [5, 5.41) is 3.76. The number of nitrogens with zero attached hydrogens (tertiary/aromatic N) is 1. The van der Waals surface area contributed by atoms with Gasteiger partial charge in [0.25, 0.3) is 5.91 Å². The highest BCUT2D eigenvalue weighted by atomic mass is 16.5. The van der Waals surface area contributed by atoms with E-state index in [1.165, 1.54) is 0 Å². The van der Waals surface area contributed by atoms with Crippen molar-refractivity contribution < 1.29 is 13.9 Å². The summed E-state index contributed by atoms with van der Waals surface area (Å²) in [6.45, 7) is 0.404. The van der Waals surface area contributed by atoms with Gasteiger partial charge in [-0.3, -0.25) is 9.78 Å². The highest BCUT2D eigenvalue weighted by Gasteiger charge is 2.19. The average molecular weight is 364 g/mol. The predicted molar refractivity (Wildman–Crippen MR) is 101 cm³/mol. The molecule has 2 aromatic heterocycles. The Kier molecular flexibility index (Phi) is 4.87. The quantitative estimate of drug-likeness (QED) is 0.680. The average Bonchev–Trinajstić information content (AvgIpc) is 3.18. The molecule has 0 fully saturated rings. The standard InChI is InChI=1S/C21H20N2O4/c24-20(23-11-9-14-4-1-2-10-22-14)13-26-15-7-8-17-16-5-3-6-18(16)21(25)27-19(17)12-15/h1-2,4,7-8,10,12H,3,5-6,9,11,13H2,(H,23,24). The van der Waals surface area contributed by atoms with Crippen molar-refractivity contribution in [2.24, 2.45) is 0 Å². The number of carbonyl (C=O) groups excluding carboxylic acids is 1. The van der Waals surface area contributed by atoms with Gasteiger partial charge < -0.3 is 14.5 Å². The third-order valence-electron chi connectivity index (χ3n) is 4.74. The Morgan fingerprint density at radius 3 is 2.93 bits per heavy atom. The summed E-state index contributed by atoms with van der Waals surface area (Å²) in [7, 11) is 0. The van der Waals surface area contributed by atoms with Crippen LogP contribution in [0.25, 0.3) is 11.0 Å². The molecule has 0 spiro atoms. The van der Waals surface area contributed by atoms with Crippen LogP contribution in [0.1, 0.15) is 23.2 Å². The predicted octanol–water partition coefficient (Wildman–Crippen LogP) is 2.41. The number of ether oxygens (including phenoxy) is 1. The molecular weight excluding hydrogens is 344 g/mol. The second-order valence-electron chi connectivity index (χ2n) is 6.57. The van der Waals surface area contributed by atoms with E-state index in [1.807, 2.05) is 30.3 Å². The molecule has 1 amide bonds. The Labute approximate surface area is 156 Å². The Morgan fingerprint density at radius 2 is 2.07 bits per heavy atom. The molecule has 0 radical (unpaired) electrons. The van der Waals surface area contributed by atoms with Crippen LogP contribution in [0, 0.1) is 0 Å². The molecule has 1 aliphatic rings. The number of hydrogen-bond acceptors (Lipinski definition) is 5. The minimum absolute atomic E-state index is 0.0943. The first kappa shape index (κ1) is 17.3. The van der Waals surface area contributed by atoms with E-state index in [2.05, 4.69) is 10.3 Å². The summed E-state index contributed by atoms with van der Waals surface area (Å²) in [5.74, 6) is 0.296. The molecule has 0 saturated carbocycles. The van der Waals surface area contributed by atoms with Gasteiger partial charge in [0.1, 0.15) is 11.3 Å². The minimum atomic E-state index is -0.264. The number of nitrogens with one attached hydrogen (secondary N) is 1. The lowest BCUT2D eigenvalue weighted by Gasteiger charge is -2.09. The van der Waals surface area contributed by atoms with Gasteiger partial charge >= 0.3 is 5.63 Å². The Balaban J connectivity index is 1.35. The van der Waals surface area contributed by atoms with Crippen LogP contribution in [0.15, 0.2) is 51.8 Å². The number of aryl methyl sites for hydroxylation is 1. The molecule has 0 bridgehead atoms. The normalized spacial score (nSPS) is 12.7. The Hall–Kier alpha value is -3.15. The number of aromatic nitrogens is 1. The molecule has 2 heterocycles. The first-order chi connectivity index (χ1) is 13.2. The topological polar surface area (TPSA) is 81.4 Å². The van der Waals surface area contributed by atoms with Crippen LogP contribution in [0.3, 0.4) is 0 Å². The summed E-state index contributed by atoms with van der Waals surface area (Å²) in [6, 6.07) is 11.1. The van der Waals surface area contributed by atoms with Gasteiger partial charge in [-0.15, -0.1) is 0 Å². The summed E-state index contributed by atoms with van der Waals surface area (Å²) < 4.78 is 11.0. The molecule has 138 valence electrons. The molecule has 0 atom stereocenters.